The number of carboxylic acid groups (broad SMARTS) is 1. The van der Waals surface area contributed by atoms with Crippen LogP contribution in [0, 0.1) is 11.8 Å². The first-order chi connectivity index (χ1) is 12.6. The maximum atomic E-state index is 11.4. The van der Waals surface area contributed by atoms with E-state index < -0.39 is 73.1 Å². The molecule has 3 aliphatic rings. The second-order valence-corrected chi connectivity index (χ2v) is 7.40. The standard InChI is InChI=1S/C16H24O11/c1-16(24)2-6(18)8-5(13(22)23)4-25-14(9(8)16)27-15-12(21)11(20)10(19)7(3-17)26-15/h4,6-12,14-15,17-21,24H,2-3H2,1H3,(H,22,23)/t6-,7-,8-,9+,10-,11+,12-,14+,15+,16-/m1/s1. The number of aliphatic hydroxyl groups is 6. The van der Waals surface area contributed by atoms with Crippen molar-refractivity contribution in [2.45, 2.75) is 62.0 Å². The molecule has 2 aliphatic heterocycles. The highest BCUT2D eigenvalue weighted by Gasteiger charge is 2.59. The first-order valence-corrected chi connectivity index (χ1v) is 8.53. The maximum absolute atomic E-state index is 11.4. The normalized spacial score (nSPS) is 49.9. The molecule has 0 aromatic carbocycles. The molecule has 7 N–H and O–H groups in total. The van der Waals surface area contributed by atoms with E-state index in [9.17, 15) is 40.5 Å². The molecule has 27 heavy (non-hydrogen) atoms. The van der Waals surface area contributed by atoms with Gasteiger partial charge in [0.15, 0.2) is 6.29 Å². The number of ether oxygens (including phenoxy) is 3. The second-order valence-electron chi connectivity index (χ2n) is 7.40. The Morgan fingerprint density at radius 1 is 1.22 bits per heavy atom. The smallest absolute Gasteiger partial charge is 0.335 e. The van der Waals surface area contributed by atoms with Gasteiger partial charge in [0.2, 0.25) is 6.29 Å². The van der Waals surface area contributed by atoms with Crippen molar-refractivity contribution in [1.29, 1.82) is 0 Å². The summed E-state index contributed by atoms with van der Waals surface area (Å²) in [5, 5.41) is 69.2. The molecule has 0 aromatic rings. The van der Waals surface area contributed by atoms with Crippen molar-refractivity contribution in [2.75, 3.05) is 6.61 Å². The Morgan fingerprint density at radius 2 is 1.89 bits per heavy atom. The van der Waals surface area contributed by atoms with E-state index in [4.69, 9.17) is 14.2 Å². The summed E-state index contributed by atoms with van der Waals surface area (Å²) < 4.78 is 16.1. The number of carbonyl (C=O) groups is 1. The Hall–Kier alpha value is -1.31. The molecule has 0 radical (unpaired) electrons. The summed E-state index contributed by atoms with van der Waals surface area (Å²) in [4.78, 5) is 11.4. The molecule has 1 saturated carbocycles. The van der Waals surface area contributed by atoms with E-state index >= 15 is 0 Å². The van der Waals surface area contributed by atoms with Gasteiger partial charge in [0.25, 0.3) is 0 Å². The fourth-order valence-corrected chi connectivity index (χ4v) is 4.10. The van der Waals surface area contributed by atoms with Gasteiger partial charge in [0.1, 0.15) is 24.4 Å². The van der Waals surface area contributed by atoms with E-state index in [1.165, 1.54) is 6.92 Å². The molecule has 0 spiro atoms. The molecule has 1 saturated heterocycles. The van der Waals surface area contributed by atoms with Gasteiger partial charge in [-0.05, 0) is 6.92 Å². The third kappa shape index (κ3) is 3.45. The van der Waals surface area contributed by atoms with Crippen molar-refractivity contribution in [3.05, 3.63) is 11.8 Å². The van der Waals surface area contributed by atoms with E-state index in [0.29, 0.717) is 0 Å². The Balaban J connectivity index is 1.85. The molecule has 11 nitrogen and oxygen atoms in total. The van der Waals surface area contributed by atoms with Crippen molar-refractivity contribution < 1.29 is 54.8 Å². The average Bonchev–Trinajstić information content (AvgIpc) is 2.85. The fourth-order valence-electron chi connectivity index (χ4n) is 4.10. The minimum Gasteiger partial charge on any atom is -0.478 e. The number of hydrogen-bond donors (Lipinski definition) is 7. The number of aliphatic hydroxyl groups excluding tert-OH is 5. The second kappa shape index (κ2) is 7.26. The number of fused-ring (bicyclic) bond motifs is 1. The highest BCUT2D eigenvalue weighted by atomic mass is 16.8. The fraction of sp³-hybridized carbons (Fsp3) is 0.812. The third-order valence-corrected chi connectivity index (χ3v) is 5.49. The number of rotatable bonds is 4. The van der Waals surface area contributed by atoms with Gasteiger partial charge in [-0.15, -0.1) is 0 Å². The molecule has 154 valence electrons. The molecule has 2 fully saturated rings. The van der Waals surface area contributed by atoms with Crippen LogP contribution in [-0.4, -0.2) is 97.0 Å². The van der Waals surface area contributed by atoms with Crippen LogP contribution in [0.15, 0.2) is 11.8 Å². The lowest BCUT2D eigenvalue weighted by atomic mass is 9.81. The minimum atomic E-state index is -1.69. The monoisotopic (exact) mass is 392 g/mol. The van der Waals surface area contributed by atoms with Crippen LogP contribution in [0.25, 0.3) is 0 Å². The molecule has 0 unspecified atom stereocenters. The molecule has 1 aliphatic carbocycles. The first-order valence-electron chi connectivity index (χ1n) is 8.53. The van der Waals surface area contributed by atoms with Gasteiger partial charge in [0, 0.05) is 12.3 Å². The molecular weight excluding hydrogens is 368 g/mol. The highest BCUT2D eigenvalue weighted by Crippen LogP contribution is 2.49. The quantitative estimate of drug-likeness (QED) is 0.256. The maximum Gasteiger partial charge on any atom is 0.335 e. The summed E-state index contributed by atoms with van der Waals surface area (Å²) in [5.74, 6) is -3.30. The summed E-state index contributed by atoms with van der Waals surface area (Å²) in [6.45, 7) is 0.751. The molecule has 2 heterocycles. The zero-order valence-electron chi connectivity index (χ0n) is 14.5. The van der Waals surface area contributed by atoms with Gasteiger partial charge < -0.3 is 50.0 Å². The third-order valence-electron chi connectivity index (χ3n) is 5.49. The lowest BCUT2D eigenvalue weighted by Gasteiger charge is -2.44. The van der Waals surface area contributed by atoms with Gasteiger partial charge in [-0.2, -0.15) is 0 Å². The predicted molar refractivity (Wildman–Crippen MR) is 83.7 cm³/mol. The van der Waals surface area contributed by atoms with Crippen LogP contribution in [0.3, 0.4) is 0 Å². The summed E-state index contributed by atoms with van der Waals surface area (Å²) in [6.07, 6.45) is -9.34. The number of carboxylic acids is 1. The molecule has 11 heteroatoms. The van der Waals surface area contributed by atoms with Gasteiger partial charge in [-0.25, -0.2) is 4.79 Å². The molecule has 0 aromatic heterocycles. The van der Waals surface area contributed by atoms with Gasteiger partial charge in [0.05, 0.1) is 36.1 Å². The molecule has 0 amide bonds. The Labute approximate surface area is 154 Å². The van der Waals surface area contributed by atoms with E-state index in [-0.39, 0.29) is 12.0 Å². The highest BCUT2D eigenvalue weighted by molar-refractivity contribution is 5.87. The van der Waals surface area contributed by atoms with E-state index in [2.05, 4.69) is 0 Å². The predicted octanol–water partition coefficient (Wildman–Crippen LogP) is -3.12. The van der Waals surface area contributed by atoms with E-state index in [0.717, 1.165) is 6.26 Å². The van der Waals surface area contributed by atoms with Crippen molar-refractivity contribution in [2.24, 2.45) is 11.8 Å². The Bertz CT molecular complexity index is 603. The largest absolute Gasteiger partial charge is 0.478 e. The zero-order chi connectivity index (χ0) is 20.1. The number of hydrogen-bond acceptors (Lipinski definition) is 10. The SMILES string of the molecule is C[C@@]1(O)C[C@@H](O)[C@H]2C(C(=O)O)=CO[C@@H](O[C@@H]3O[C@H](CO)[C@@H](O)[C@H](O)[C@H]3O)[C@H]21. The van der Waals surface area contributed by atoms with Crippen molar-refractivity contribution >= 4 is 5.97 Å². The average molecular weight is 392 g/mol. The summed E-state index contributed by atoms with van der Waals surface area (Å²) >= 11 is 0. The molecule has 10 atom stereocenters. The van der Waals surface area contributed by atoms with Crippen LogP contribution >= 0.6 is 0 Å². The van der Waals surface area contributed by atoms with Crippen molar-refractivity contribution in [3.8, 4) is 0 Å². The molecular formula is C16H24O11. The van der Waals surface area contributed by atoms with E-state index in [1.54, 1.807) is 0 Å². The van der Waals surface area contributed by atoms with Crippen LogP contribution in [0.1, 0.15) is 13.3 Å². The zero-order valence-corrected chi connectivity index (χ0v) is 14.5. The molecule has 0 bridgehead atoms. The lowest BCUT2D eigenvalue weighted by molar-refractivity contribution is -0.346. The first kappa shape index (κ1) is 20.4. The number of aliphatic carboxylic acids is 1. The molecule has 3 rings (SSSR count). The Kier molecular flexibility index (Phi) is 5.49. The van der Waals surface area contributed by atoms with Crippen LogP contribution in [0.4, 0.5) is 0 Å². The van der Waals surface area contributed by atoms with Crippen molar-refractivity contribution in [3.63, 3.8) is 0 Å². The van der Waals surface area contributed by atoms with Gasteiger partial charge in [-0.1, -0.05) is 0 Å². The van der Waals surface area contributed by atoms with Crippen LogP contribution in [0.2, 0.25) is 0 Å². The summed E-state index contributed by atoms with van der Waals surface area (Å²) in [7, 11) is 0. The van der Waals surface area contributed by atoms with Crippen LogP contribution < -0.4 is 0 Å². The van der Waals surface area contributed by atoms with Crippen molar-refractivity contribution in [1.82, 2.24) is 0 Å². The minimum absolute atomic E-state index is 0.120. The van der Waals surface area contributed by atoms with E-state index in [1.807, 2.05) is 0 Å². The van der Waals surface area contributed by atoms with Crippen LogP contribution in [0.5, 0.6) is 0 Å². The topological polar surface area (TPSA) is 186 Å². The van der Waals surface area contributed by atoms with Gasteiger partial charge >= 0.3 is 5.97 Å². The Morgan fingerprint density at radius 3 is 2.48 bits per heavy atom. The summed E-state index contributed by atoms with van der Waals surface area (Å²) in [5.41, 5.74) is -1.77. The van der Waals surface area contributed by atoms with Gasteiger partial charge in [-0.3, -0.25) is 0 Å². The van der Waals surface area contributed by atoms with Crippen LogP contribution in [-0.2, 0) is 19.0 Å². The summed E-state index contributed by atoms with van der Waals surface area (Å²) in [6, 6.07) is 0. The lowest BCUT2D eigenvalue weighted by Crippen LogP contribution is -2.60.